The van der Waals surface area contributed by atoms with Gasteiger partial charge in [-0.1, -0.05) is 40.7 Å². The number of hydrogen-bond donors (Lipinski definition) is 1. The fourth-order valence-corrected chi connectivity index (χ4v) is 3.86. The molecule has 0 amide bonds. The molecule has 0 bridgehead atoms. The van der Waals surface area contributed by atoms with Crippen LogP contribution in [-0.2, 0) is 6.54 Å². The molecule has 0 unspecified atom stereocenters. The number of nitrogens with one attached hydrogen (secondary N) is 1. The topological polar surface area (TPSA) is 12.0 Å². The van der Waals surface area contributed by atoms with Crippen LogP contribution in [0.5, 0.6) is 0 Å². The highest BCUT2D eigenvalue weighted by Gasteiger charge is 2.15. The van der Waals surface area contributed by atoms with Crippen molar-refractivity contribution in [1.82, 2.24) is 5.32 Å². The second kappa shape index (κ2) is 6.06. The highest BCUT2D eigenvalue weighted by molar-refractivity contribution is 7.19. The predicted octanol–water partition coefficient (Wildman–Crippen LogP) is 5.26. The molecule has 1 heterocycles. The Morgan fingerprint density at radius 1 is 1.11 bits per heavy atom. The Balaban J connectivity index is 2.54. The van der Waals surface area contributed by atoms with Gasteiger partial charge in [-0.05, 0) is 47.0 Å². The molecule has 1 nitrogen and oxygen atoms in total. The molecule has 0 saturated heterocycles. The molecule has 0 saturated carbocycles. The summed E-state index contributed by atoms with van der Waals surface area (Å²) in [5.74, 6) is 1.19. The largest absolute Gasteiger partial charge is 0.312 e. The van der Waals surface area contributed by atoms with Crippen molar-refractivity contribution >= 4 is 21.4 Å². The standard InChI is InChI=1S/C17H25NS/c1-6-18-10-16-17(12(4)5)14-9-13(11(2)3)7-8-15(14)19-16/h7-9,11-12,18H,6,10H2,1-5H3. The van der Waals surface area contributed by atoms with Crippen molar-refractivity contribution in [2.75, 3.05) is 6.54 Å². The van der Waals surface area contributed by atoms with Crippen LogP contribution in [0.3, 0.4) is 0 Å². The third-order valence-electron chi connectivity index (χ3n) is 3.61. The molecular weight excluding hydrogens is 250 g/mol. The van der Waals surface area contributed by atoms with Crippen molar-refractivity contribution < 1.29 is 0 Å². The first-order chi connectivity index (χ1) is 9.04. The van der Waals surface area contributed by atoms with Crippen LogP contribution in [-0.4, -0.2) is 6.54 Å². The maximum Gasteiger partial charge on any atom is 0.0349 e. The first-order valence-corrected chi connectivity index (χ1v) is 8.12. The van der Waals surface area contributed by atoms with Gasteiger partial charge < -0.3 is 5.32 Å². The molecule has 2 heteroatoms. The van der Waals surface area contributed by atoms with E-state index in [1.807, 2.05) is 11.3 Å². The monoisotopic (exact) mass is 275 g/mol. The van der Waals surface area contributed by atoms with Crippen LogP contribution in [0, 0.1) is 0 Å². The maximum absolute atomic E-state index is 3.47. The molecule has 1 aromatic carbocycles. The van der Waals surface area contributed by atoms with E-state index in [0.717, 1.165) is 13.1 Å². The molecule has 2 aromatic rings. The summed E-state index contributed by atoms with van der Waals surface area (Å²) in [6.07, 6.45) is 0. The summed E-state index contributed by atoms with van der Waals surface area (Å²) in [7, 11) is 0. The molecule has 104 valence electrons. The zero-order valence-corrected chi connectivity index (χ0v) is 13.5. The Kier molecular flexibility index (Phi) is 4.64. The number of fused-ring (bicyclic) bond motifs is 1. The Morgan fingerprint density at radius 3 is 2.42 bits per heavy atom. The normalized spacial score (nSPS) is 11.9. The van der Waals surface area contributed by atoms with Crippen LogP contribution in [0.1, 0.15) is 62.5 Å². The van der Waals surface area contributed by atoms with Gasteiger partial charge in [-0.25, -0.2) is 0 Å². The van der Waals surface area contributed by atoms with Gasteiger partial charge >= 0.3 is 0 Å². The highest BCUT2D eigenvalue weighted by Crippen LogP contribution is 2.37. The second-order valence-electron chi connectivity index (χ2n) is 5.78. The minimum absolute atomic E-state index is 0.588. The first-order valence-electron chi connectivity index (χ1n) is 7.30. The molecule has 0 spiro atoms. The van der Waals surface area contributed by atoms with E-state index in [-0.39, 0.29) is 0 Å². The van der Waals surface area contributed by atoms with E-state index in [0.29, 0.717) is 11.8 Å². The minimum Gasteiger partial charge on any atom is -0.312 e. The average Bonchev–Trinajstić information content (AvgIpc) is 2.73. The van der Waals surface area contributed by atoms with Gasteiger partial charge in [0.25, 0.3) is 0 Å². The van der Waals surface area contributed by atoms with E-state index < -0.39 is 0 Å². The summed E-state index contributed by atoms with van der Waals surface area (Å²) in [5, 5.41) is 4.94. The lowest BCUT2D eigenvalue weighted by Crippen LogP contribution is -2.12. The number of thiophene rings is 1. The lowest BCUT2D eigenvalue weighted by atomic mass is 9.95. The van der Waals surface area contributed by atoms with Crippen molar-refractivity contribution in [2.24, 2.45) is 0 Å². The zero-order chi connectivity index (χ0) is 14.0. The molecule has 0 radical (unpaired) electrons. The van der Waals surface area contributed by atoms with Crippen molar-refractivity contribution in [3.63, 3.8) is 0 Å². The number of rotatable bonds is 5. The van der Waals surface area contributed by atoms with Gasteiger partial charge in [0.1, 0.15) is 0 Å². The average molecular weight is 275 g/mol. The molecule has 0 aliphatic heterocycles. The Labute approximate surface area is 121 Å². The van der Waals surface area contributed by atoms with Gasteiger partial charge in [0.2, 0.25) is 0 Å². The molecule has 2 rings (SSSR count). The molecule has 0 fully saturated rings. The summed E-state index contributed by atoms with van der Waals surface area (Å²) in [6.45, 7) is 13.3. The summed E-state index contributed by atoms with van der Waals surface area (Å²) < 4.78 is 1.43. The molecule has 0 atom stereocenters. The lowest BCUT2D eigenvalue weighted by molar-refractivity contribution is 0.723. The maximum atomic E-state index is 3.47. The van der Waals surface area contributed by atoms with E-state index in [1.165, 1.54) is 20.5 Å². The van der Waals surface area contributed by atoms with Gasteiger partial charge in [-0.15, -0.1) is 11.3 Å². The molecule has 1 aromatic heterocycles. The van der Waals surface area contributed by atoms with Gasteiger partial charge in [-0.2, -0.15) is 0 Å². The quantitative estimate of drug-likeness (QED) is 0.785. The third kappa shape index (κ3) is 3.01. The van der Waals surface area contributed by atoms with Crippen molar-refractivity contribution in [2.45, 2.75) is 53.0 Å². The minimum atomic E-state index is 0.588. The zero-order valence-electron chi connectivity index (χ0n) is 12.7. The molecule has 19 heavy (non-hydrogen) atoms. The predicted molar refractivity (Wildman–Crippen MR) is 87.4 cm³/mol. The molecule has 0 aliphatic rings. The van der Waals surface area contributed by atoms with E-state index >= 15 is 0 Å². The van der Waals surface area contributed by atoms with Gasteiger partial charge in [0, 0.05) is 16.1 Å². The molecular formula is C17H25NS. The van der Waals surface area contributed by atoms with E-state index in [9.17, 15) is 0 Å². The highest BCUT2D eigenvalue weighted by atomic mass is 32.1. The second-order valence-corrected chi connectivity index (χ2v) is 6.92. The fourth-order valence-electron chi connectivity index (χ4n) is 2.55. The Hall–Kier alpha value is -0.860. The van der Waals surface area contributed by atoms with Crippen LogP contribution in [0.4, 0.5) is 0 Å². The molecule has 0 aliphatic carbocycles. The smallest absolute Gasteiger partial charge is 0.0349 e. The lowest BCUT2D eigenvalue weighted by Gasteiger charge is -2.10. The number of hydrogen-bond acceptors (Lipinski definition) is 2. The van der Waals surface area contributed by atoms with Crippen LogP contribution in [0.25, 0.3) is 10.1 Å². The van der Waals surface area contributed by atoms with Crippen molar-refractivity contribution in [1.29, 1.82) is 0 Å². The van der Waals surface area contributed by atoms with E-state index in [1.54, 1.807) is 5.56 Å². The van der Waals surface area contributed by atoms with Crippen molar-refractivity contribution in [3.8, 4) is 0 Å². The van der Waals surface area contributed by atoms with Crippen LogP contribution < -0.4 is 5.32 Å². The summed E-state index contributed by atoms with van der Waals surface area (Å²) in [6, 6.07) is 6.99. The van der Waals surface area contributed by atoms with Crippen LogP contribution >= 0.6 is 11.3 Å². The first kappa shape index (κ1) is 14.5. The summed E-state index contributed by atoms with van der Waals surface area (Å²) >= 11 is 1.95. The van der Waals surface area contributed by atoms with Crippen LogP contribution in [0.2, 0.25) is 0 Å². The Morgan fingerprint density at radius 2 is 1.84 bits per heavy atom. The van der Waals surface area contributed by atoms with Gasteiger partial charge in [-0.3, -0.25) is 0 Å². The van der Waals surface area contributed by atoms with Gasteiger partial charge in [0.05, 0.1) is 0 Å². The van der Waals surface area contributed by atoms with E-state index in [4.69, 9.17) is 0 Å². The fraction of sp³-hybridized carbons (Fsp3) is 0.529. The third-order valence-corrected chi connectivity index (χ3v) is 4.79. The van der Waals surface area contributed by atoms with Crippen LogP contribution in [0.15, 0.2) is 18.2 Å². The van der Waals surface area contributed by atoms with Crippen molar-refractivity contribution in [3.05, 3.63) is 34.2 Å². The Bertz CT molecular complexity index is 552. The molecule has 1 N–H and O–H groups in total. The number of benzene rings is 1. The summed E-state index contributed by atoms with van der Waals surface area (Å²) in [4.78, 5) is 1.51. The SMILES string of the molecule is CCNCc1sc2ccc(C(C)C)cc2c1C(C)C. The van der Waals surface area contributed by atoms with E-state index in [2.05, 4.69) is 58.1 Å². The summed E-state index contributed by atoms with van der Waals surface area (Å²) in [5.41, 5.74) is 2.99. The van der Waals surface area contributed by atoms with Gasteiger partial charge in [0.15, 0.2) is 0 Å².